The molecule has 0 saturated heterocycles. The summed E-state index contributed by atoms with van der Waals surface area (Å²) in [5, 5.41) is 12.1. The first-order valence-corrected chi connectivity index (χ1v) is 10.6. The molecule has 7 heteroatoms. The predicted octanol–water partition coefficient (Wildman–Crippen LogP) is 6.11. The monoisotopic (exact) mass is 494 g/mol. The number of amides is 1. The molecule has 32 heavy (non-hydrogen) atoms. The molecule has 0 fully saturated rings. The first-order chi connectivity index (χ1) is 15.5. The van der Waals surface area contributed by atoms with Gasteiger partial charge in [-0.1, -0.05) is 30.3 Å². The number of nitrogens with zero attached hydrogens (tertiary/aromatic N) is 1. The smallest absolute Gasteiger partial charge is 0.266 e. The van der Waals surface area contributed by atoms with Gasteiger partial charge >= 0.3 is 0 Å². The fraction of sp³-hybridized carbons (Fsp3) is 0.120. The average Bonchev–Trinajstić information content (AvgIpc) is 2.79. The number of nitriles is 1. The fourth-order valence-electron chi connectivity index (χ4n) is 2.85. The number of nitrogens with one attached hydrogen (secondary N) is 1. The maximum atomic E-state index is 13.1. The molecule has 1 N–H and O–H groups in total. The Morgan fingerprint density at radius 1 is 1.12 bits per heavy atom. The molecule has 0 aromatic heterocycles. The molecule has 3 aromatic rings. The van der Waals surface area contributed by atoms with Crippen LogP contribution in [-0.2, 0) is 11.4 Å². The highest BCUT2D eigenvalue weighted by atomic mass is 79.9. The Morgan fingerprint density at radius 3 is 2.50 bits per heavy atom. The Morgan fingerprint density at radius 2 is 1.84 bits per heavy atom. The zero-order valence-corrected chi connectivity index (χ0v) is 18.9. The maximum absolute atomic E-state index is 13.1. The van der Waals surface area contributed by atoms with Crippen molar-refractivity contribution in [1.29, 1.82) is 5.26 Å². The van der Waals surface area contributed by atoms with Crippen molar-refractivity contribution in [3.05, 3.63) is 93.7 Å². The Balaban J connectivity index is 1.83. The third-order valence-electron chi connectivity index (χ3n) is 4.34. The Labute approximate surface area is 194 Å². The van der Waals surface area contributed by atoms with E-state index in [0.717, 1.165) is 5.56 Å². The third-order valence-corrected chi connectivity index (χ3v) is 4.92. The van der Waals surface area contributed by atoms with E-state index in [1.54, 1.807) is 12.1 Å². The lowest BCUT2D eigenvalue weighted by Crippen LogP contribution is -2.13. The van der Waals surface area contributed by atoms with Crippen LogP contribution in [0.25, 0.3) is 6.08 Å². The number of hydrogen-bond donors (Lipinski definition) is 1. The van der Waals surface area contributed by atoms with Gasteiger partial charge in [-0.25, -0.2) is 4.39 Å². The topological polar surface area (TPSA) is 71.3 Å². The summed E-state index contributed by atoms with van der Waals surface area (Å²) in [6, 6.07) is 20.4. The number of anilines is 1. The Bertz CT molecular complexity index is 1160. The van der Waals surface area contributed by atoms with Crippen LogP contribution in [-0.4, -0.2) is 12.5 Å². The van der Waals surface area contributed by atoms with E-state index < -0.39 is 11.7 Å². The van der Waals surface area contributed by atoms with Crippen LogP contribution in [0.3, 0.4) is 0 Å². The molecule has 1 amide bonds. The summed E-state index contributed by atoms with van der Waals surface area (Å²) in [6.07, 6.45) is 1.45. The van der Waals surface area contributed by atoms with Crippen LogP contribution in [0.15, 0.2) is 76.8 Å². The molecular formula is C25H20BrFN2O3. The molecule has 0 saturated carbocycles. The molecule has 0 unspecified atom stereocenters. The lowest BCUT2D eigenvalue weighted by atomic mass is 10.1. The second-order valence-corrected chi connectivity index (χ2v) is 7.52. The van der Waals surface area contributed by atoms with Crippen LogP contribution in [0.4, 0.5) is 10.1 Å². The van der Waals surface area contributed by atoms with E-state index in [-0.39, 0.29) is 5.57 Å². The van der Waals surface area contributed by atoms with E-state index in [4.69, 9.17) is 9.47 Å². The number of carbonyl (C=O) groups is 1. The van der Waals surface area contributed by atoms with Gasteiger partial charge in [-0.15, -0.1) is 0 Å². The highest BCUT2D eigenvalue weighted by Crippen LogP contribution is 2.38. The number of benzene rings is 3. The lowest BCUT2D eigenvalue weighted by Gasteiger charge is -2.15. The number of carbonyl (C=O) groups excluding carboxylic acids is 1. The minimum atomic E-state index is -0.599. The summed E-state index contributed by atoms with van der Waals surface area (Å²) in [5.74, 6) is 0.00179. The van der Waals surface area contributed by atoms with E-state index in [0.29, 0.717) is 40.4 Å². The highest BCUT2D eigenvalue weighted by molar-refractivity contribution is 9.10. The fourth-order valence-corrected chi connectivity index (χ4v) is 3.43. The van der Waals surface area contributed by atoms with Crippen LogP contribution in [0.5, 0.6) is 11.5 Å². The van der Waals surface area contributed by atoms with E-state index in [2.05, 4.69) is 21.2 Å². The minimum Gasteiger partial charge on any atom is -0.490 e. The highest BCUT2D eigenvalue weighted by Gasteiger charge is 2.15. The molecule has 3 rings (SSSR count). The molecule has 0 aliphatic rings. The molecule has 0 heterocycles. The standard InChI is InChI=1S/C25H20BrFN2O3/c1-2-31-23-14-18(13-22(26)24(23)32-16-17-6-4-3-5-7-17)12-19(15-28)25(30)29-21-10-8-20(27)9-11-21/h3-14H,2,16H2,1H3,(H,29,30)/b19-12-. The Hall–Kier alpha value is -3.63. The van der Waals surface area contributed by atoms with Crippen molar-refractivity contribution >= 4 is 33.6 Å². The van der Waals surface area contributed by atoms with Gasteiger partial charge in [0, 0.05) is 5.69 Å². The molecule has 0 radical (unpaired) electrons. The van der Waals surface area contributed by atoms with Crippen LogP contribution >= 0.6 is 15.9 Å². The predicted molar refractivity (Wildman–Crippen MR) is 125 cm³/mol. The lowest BCUT2D eigenvalue weighted by molar-refractivity contribution is -0.112. The van der Waals surface area contributed by atoms with E-state index in [1.807, 2.05) is 43.3 Å². The van der Waals surface area contributed by atoms with Gasteiger partial charge in [0.05, 0.1) is 11.1 Å². The second-order valence-electron chi connectivity index (χ2n) is 6.67. The largest absolute Gasteiger partial charge is 0.490 e. The van der Waals surface area contributed by atoms with Crippen LogP contribution in [0.2, 0.25) is 0 Å². The minimum absolute atomic E-state index is 0.110. The number of halogens is 2. The van der Waals surface area contributed by atoms with Crippen molar-refractivity contribution in [3.8, 4) is 17.6 Å². The average molecular weight is 495 g/mol. The first-order valence-electron chi connectivity index (χ1n) is 9.82. The van der Waals surface area contributed by atoms with Gasteiger partial charge in [0.1, 0.15) is 24.1 Å². The van der Waals surface area contributed by atoms with Crippen molar-refractivity contribution in [3.63, 3.8) is 0 Å². The van der Waals surface area contributed by atoms with Crippen molar-refractivity contribution < 1.29 is 18.7 Å². The summed E-state index contributed by atoms with van der Waals surface area (Å²) >= 11 is 3.50. The van der Waals surface area contributed by atoms with E-state index >= 15 is 0 Å². The zero-order chi connectivity index (χ0) is 22.9. The van der Waals surface area contributed by atoms with Gasteiger partial charge in [0.15, 0.2) is 11.5 Å². The molecule has 0 atom stereocenters. The normalized spacial score (nSPS) is 10.9. The van der Waals surface area contributed by atoms with Crippen LogP contribution < -0.4 is 14.8 Å². The van der Waals surface area contributed by atoms with Gasteiger partial charge in [0.25, 0.3) is 5.91 Å². The molecule has 3 aromatic carbocycles. The summed E-state index contributed by atoms with van der Waals surface area (Å²) in [5.41, 5.74) is 1.87. The van der Waals surface area contributed by atoms with E-state index in [1.165, 1.54) is 30.3 Å². The van der Waals surface area contributed by atoms with Crippen LogP contribution in [0.1, 0.15) is 18.1 Å². The van der Waals surface area contributed by atoms with Gasteiger partial charge in [0.2, 0.25) is 0 Å². The molecule has 0 aliphatic heterocycles. The summed E-state index contributed by atoms with van der Waals surface area (Å²) in [7, 11) is 0. The van der Waals surface area contributed by atoms with Crippen LogP contribution in [0, 0.1) is 17.1 Å². The zero-order valence-electron chi connectivity index (χ0n) is 17.3. The summed E-state index contributed by atoms with van der Waals surface area (Å²) < 4.78 is 25.4. The number of ether oxygens (including phenoxy) is 2. The molecule has 5 nitrogen and oxygen atoms in total. The van der Waals surface area contributed by atoms with Gasteiger partial charge < -0.3 is 14.8 Å². The van der Waals surface area contributed by atoms with Crippen molar-refractivity contribution in [1.82, 2.24) is 0 Å². The Kier molecular flexibility index (Phi) is 8.01. The van der Waals surface area contributed by atoms with Crippen molar-refractivity contribution in [2.75, 3.05) is 11.9 Å². The van der Waals surface area contributed by atoms with Gasteiger partial charge in [-0.2, -0.15) is 5.26 Å². The third kappa shape index (κ3) is 6.19. The molecule has 0 aliphatic carbocycles. The number of rotatable bonds is 8. The molecule has 0 spiro atoms. The summed E-state index contributed by atoms with van der Waals surface area (Å²) in [6.45, 7) is 2.63. The molecule has 0 bridgehead atoms. The van der Waals surface area contributed by atoms with Gasteiger partial charge in [-0.05, 0) is 76.5 Å². The maximum Gasteiger partial charge on any atom is 0.266 e. The molecule has 162 valence electrons. The van der Waals surface area contributed by atoms with Crippen molar-refractivity contribution in [2.24, 2.45) is 0 Å². The molecular weight excluding hydrogens is 475 g/mol. The van der Waals surface area contributed by atoms with Crippen molar-refractivity contribution in [2.45, 2.75) is 13.5 Å². The first kappa shape index (κ1) is 23.0. The summed E-state index contributed by atoms with van der Waals surface area (Å²) in [4.78, 5) is 12.5. The van der Waals surface area contributed by atoms with Gasteiger partial charge in [-0.3, -0.25) is 4.79 Å². The second kappa shape index (κ2) is 11.1. The van der Waals surface area contributed by atoms with E-state index in [9.17, 15) is 14.4 Å². The number of hydrogen-bond acceptors (Lipinski definition) is 4. The quantitative estimate of drug-likeness (QED) is 0.302. The SMILES string of the molecule is CCOc1cc(/C=C(/C#N)C(=O)Nc2ccc(F)cc2)cc(Br)c1OCc1ccccc1.